The van der Waals surface area contributed by atoms with Gasteiger partial charge in [-0.15, -0.1) is 0 Å². The van der Waals surface area contributed by atoms with E-state index < -0.39 is 0 Å². The van der Waals surface area contributed by atoms with Gasteiger partial charge in [0, 0.05) is 34.8 Å². The third-order valence-corrected chi connectivity index (χ3v) is 2.91. The van der Waals surface area contributed by atoms with Gasteiger partial charge in [-0.25, -0.2) is 4.39 Å². The monoisotopic (exact) mass is 257 g/mol. The van der Waals surface area contributed by atoms with Crippen molar-refractivity contribution in [2.75, 3.05) is 0 Å². The number of nitrogens with zero attached hydrogens (tertiary/aromatic N) is 1. The standard InChI is InChI=1S/C14H12FN3O/c15-13-6-10-5-12(8-16)17-14(10)7-9(13)1-2-11-3-4-19-18-11/h1-7,17H,8,16H2/b2-1+. The second-order valence-corrected chi connectivity index (χ2v) is 4.22. The van der Waals surface area contributed by atoms with Crippen LogP contribution in [-0.4, -0.2) is 10.1 Å². The number of nitrogens with one attached hydrogen (secondary N) is 1. The van der Waals surface area contributed by atoms with Gasteiger partial charge < -0.3 is 15.2 Å². The van der Waals surface area contributed by atoms with Crippen LogP contribution in [0.2, 0.25) is 0 Å². The van der Waals surface area contributed by atoms with Crippen LogP contribution in [0.4, 0.5) is 4.39 Å². The number of hydrogen-bond acceptors (Lipinski definition) is 3. The first-order valence-corrected chi connectivity index (χ1v) is 5.86. The number of fused-ring (bicyclic) bond motifs is 1. The van der Waals surface area contributed by atoms with E-state index in [2.05, 4.69) is 10.1 Å². The molecule has 0 fully saturated rings. The second-order valence-electron chi connectivity index (χ2n) is 4.22. The highest BCUT2D eigenvalue weighted by Gasteiger charge is 2.05. The Labute approximate surface area is 108 Å². The van der Waals surface area contributed by atoms with Crippen LogP contribution in [0.1, 0.15) is 17.0 Å². The molecule has 0 unspecified atom stereocenters. The first-order chi connectivity index (χ1) is 9.26. The molecule has 0 atom stereocenters. The molecule has 0 aliphatic heterocycles. The van der Waals surface area contributed by atoms with E-state index in [4.69, 9.17) is 10.3 Å². The summed E-state index contributed by atoms with van der Waals surface area (Å²) in [7, 11) is 0. The van der Waals surface area contributed by atoms with Crippen molar-refractivity contribution in [2.45, 2.75) is 6.54 Å². The van der Waals surface area contributed by atoms with E-state index in [1.165, 1.54) is 12.3 Å². The first-order valence-electron chi connectivity index (χ1n) is 5.86. The predicted molar refractivity (Wildman–Crippen MR) is 71.6 cm³/mol. The third kappa shape index (κ3) is 2.28. The molecule has 3 N–H and O–H groups in total. The molecule has 0 aliphatic carbocycles. The van der Waals surface area contributed by atoms with Crippen LogP contribution in [0.3, 0.4) is 0 Å². The molecule has 0 bridgehead atoms. The largest absolute Gasteiger partial charge is 0.364 e. The molecule has 0 radical (unpaired) electrons. The molecule has 1 aromatic carbocycles. The maximum absolute atomic E-state index is 13.9. The quantitative estimate of drug-likeness (QED) is 0.758. The number of aromatic amines is 1. The number of rotatable bonds is 3. The van der Waals surface area contributed by atoms with Crippen molar-refractivity contribution in [1.29, 1.82) is 0 Å². The number of benzene rings is 1. The zero-order chi connectivity index (χ0) is 13.2. The Hall–Kier alpha value is -2.40. The van der Waals surface area contributed by atoms with E-state index in [1.807, 2.05) is 6.07 Å². The molecular formula is C14H12FN3O. The molecule has 3 aromatic rings. The molecule has 4 nitrogen and oxygen atoms in total. The minimum absolute atomic E-state index is 0.283. The topological polar surface area (TPSA) is 67.8 Å². The Morgan fingerprint density at radius 2 is 2.21 bits per heavy atom. The summed E-state index contributed by atoms with van der Waals surface area (Å²) < 4.78 is 18.6. The number of nitrogens with two attached hydrogens (primary N) is 1. The lowest BCUT2D eigenvalue weighted by Crippen LogP contribution is -1.94. The number of hydrogen-bond donors (Lipinski definition) is 2. The third-order valence-electron chi connectivity index (χ3n) is 2.91. The van der Waals surface area contributed by atoms with E-state index in [1.54, 1.807) is 24.3 Å². The lowest BCUT2D eigenvalue weighted by molar-refractivity contribution is 0.418. The lowest BCUT2D eigenvalue weighted by Gasteiger charge is -1.97. The summed E-state index contributed by atoms with van der Waals surface area (Å²) in [5.74, 6) is -0.283. The summed E-state index contributed by atoms with van der Waals surface area (Å²) in [6, 6.07) is 6.80. The predicted octanol–water partition coefficient (Wildman–Crippen LogP) is 2.92. The van der Waals surface area contributed by atoms with Gasteiger partial charge in [0.25, 0.3) is 0 Å². The van der Waals surface area contributed by atoms with E-state index in [0.29, 0.717) is 17.8 Å². The number of H-pyrrole nitrogens is 1. The van der Waals surface area contributed by atoms with Gasteiger partial charge in [-0.05, 0) is 30.4 Å². The van der Waals surface area contributed by atoms with Crippen molar-refractivity contribution in [3.8, 4) is 0 Å². The summed E-state index contributed by atoms with van der Waals surface area (Å²) in [6.07, 6.45) is 4.83. The van der Waals surface area contributed by atoms with Crippen LogP contribution in [0.25, 0.3) is 23.1 Å². The smallest absolute Gasteiger partial charge is 0.131 e. The summed E-state index contributed by atoms with van der Waals surface area (Å²) >= 11 is 0. The van der Waals surface area contributed by atoms with Gasteiger partial charge >= 0.3 is 0 Å². The van der Waals surface area contributed by atoms with Crippen molar-refractivity contribution in [3.63, 3.8) is 0 Å². The first kappa shape index (κ1) is 11.7. The van der Waals surface area contributed by atoms with E-state index >= 15 is 0 Å². The normalized spacial score (nSPS) is 11.7. The molecule has 2 aromatic heterocycles. The maximum atomic E-state index is 13.9. The molecule has 0 aliphatic rings. The van der Waals surface area contributed by atoms with Crippen LogP contribution < -0.4 is 5.73 Å². The van der Waals surface area contributed by atoms with Gasteiger partial charge in [-0.3, -0.25) is 0 Å². The van der Waals surface area contributed by atoms with Gasteiger partial charge in [0.1, 0.15) is 17.8 Å². The van der Waals surface area contributed by atoms with Crippen LogP contribution in [0.15, 0.2) is 35.1 Å². The summed E-state index contributed by atoms with van der Waals surface area (Å²) in [5, 5.41) is 4.55. The molecule has 0 amide bonds. The fourth-order valence-electron chi connectivity index (χ4n) is 1.95. The molecule has 5 heteroatoms. The highest BCUT2D eigenvalue weighted by Crippen LogP contribution is 2.21. The zero-order valence-electron chi connectivity index (χ0n) is 10.1. The zero-order valence-corrected chi connectivity index (χ0v) is 10.1. The van der Waals surface area contributed by atoms with Crippen LogP contribution in [-0.2, 0) is 6.54 Å². The molecule has 3 rings (SSSR count). The molecule has 96 valence electrons. The SMILES string of the molecule is NCc1cc2cc(F)c(/C=C/c3ccon3)cc2[nH]1. The van der Waals surface area contributed by atoms with Crippen molar-refractivity contribution < 1.29 is 8.91 Å². The molecule has 19 heavy (non-hydrogen) atoms. The summed E-state index contributed by atoms with van der Waals surface area (Å²) in [4.78, 5) is 3.15. The number of halogens is 1. The minimum atomic E-state index is -0.283. The van der Waals surface area contributed by atoms with Crippen molar-refractivity contribution >= 4 is 23.1 Å². The Balaban J connectivity index is 2.01. The maximum Gasteiger partial charge on any atom is 0.131 e. The van der Waals surface area contributed by atoms with Crippen LogP contribution >= 0.6 is 0 Å². The van der Waals surface area contributed by atoms with Crippen molar-refractivity contribution in [3.05, 3.63) is 53.3 Å². The molecule has 0 saturated carbocycles. The van der Waals surface area contributed by atoms with E-state index in [-0.39, 0.29) is 5.82 Å². The second kappa shape index (κ2) is 4.70. The van der Waals surface area contributed by atoms with Crippen molar-refractivity contribution in [2.24, 2.45) is 5.73 Å². The lowest BCUT2D eigenvalue weighted by atomic mass is 10.1. The average Bonchev–Trinajstić information content (AvgIpc) is 3.04. The van der Waals surface area contributed by atoms with E-state index in [0.717, 1.165) is 16.6 Å². The van der Waals surface area contributed by atoms with Crippen LogP contribution in [0.5, 0.6) is 0 Å². The Kier molecular flexibility index (Phi) is 2.89. The van der Waals surface area contributed by atoms with Crippen molar-refractivity contribution in [1.82, 2.24) is 10.1 Å². The van der Waals surface area contributed by atoms with Gasteiger partial charge in [-0.2, -0.15) is 0 Å². The van der Waals surface area contributed by atoms with E-state index in [9.17, 15) is 4.39 Å². The average molecular weight is 257 g/mol. The van der Waals surface area contributed by atoms with Gasteiger partial charge in [0.05, 0.1) is 0 Å². The Bertz CT molecular complexity index is 729. The summed E-state index contributed by atoms with van der Waals surface area (Å²) in [5.41, 5.74) is 8.43. The highest BCUT2D eigenvalue weighted by molar-refractivity contribution is 5.84. The minimum Gasteiger partial charge on any atom is -0.364 e. The Morgan fingerprint density at radius 3 is 2.95 bits per heavy atom. The van der Waals surface area contributed by atoms with Crippen LogP contribution in [0, 0.1) is 5.82 Å². The molecule has 2 heterocycles. The van der Waals surface area contributed by atoms with Gasteiger partial charge in [-0.1, -0.05) is 5.16 Å². The fraction of sp³-hybridized carbons (Fsp3) is 0.0714. The van der Waals surface area contributed by atoms with Gasteiger partial charge in [0.15, 0.2) is 0 Å². The number of aromatic nitrogens is 2. The highest BCUT2D eigenvalue weighted by atomic mass is 19.1. The van der Waals surface area contributed by atoms with Gasteiger partial charge in [0.2, 0.25) is 0 Å². The molecule has 0 saturated heterocycles. The fourth-order valence-corrected chi connectivity index (χ4v) is 1.95. The molecular weight excluding hydrogens is 245 g/mol. The summed E-state index contributed by atoms with van der Waals surface area (Å²) in [6.45, 7) is 0.403. The molecule has 0 spiro atoms. The Morgan fingerprint density at radius 1 is 1.32 bits per heavy atom.